The molecule has 1 aromatic carbocycles. The van der Waals surface area contributed by atoms with Gasteiger partial charge in [-0.25, -0.2) is 4.39 Å². The third-order valence-electron chi connectivity index (χ3n) is 2.38. The molecule has 0 bridgehead atoms. The van der Waals surface area contributed by atoms with E-state index < -0.39 is 42.2 Å². The Morgan fingerprint density at radius 3 is 2.09 bits per heavy atom. The van der Waals surface area contributed by atoms with Gasteiger partial charge >= 0.3 is 23.9 Å². The summed E-state index contributed by atoms with van der Waals surface area (Å²) in [6, 6.07) is 4.18. The van der Waals surface area contributed by atoms with Crippen molar-refractivity contribution in [2.24, 2.45) is 0 Å². The minimum Gasteiger partial charge on any atom is -0.461 e. The number of carbonyl (C=O) groups is 1. The van der Waals surface area contributed by atoms with Crippen LogP contribution < -0.4 is 10.1 Å². The summed E-state index contributed by atoms with van der Waals surface area (Å²) in [5.41, 5.74) is -0.692. The van der Waals surface area contributed by atoms with Crippen LogP contribution in [-0.4, -0.2) is 30.8 Å². The molecule has 1 N–H and O–H groups in total. The van der Waals surface area contributed by atoms with Gasteiger partial charge < -0.3 is 10.1 Å². The first-order valence-electron chi connectivity index (χ1n) is 5.36. The van der Waals surface area contributed by atoms with E-state index >= 15 is 0 Å². The second kappa shape index (κ2) is 5.97. The Labute approximate surface area is 117 Å². The maximum atomic E-state index is 13.1. The van der Waals surface area contributed by atoms with Crippen molar-refractivity contribution in [2.75, 3.05) is 12.2 Å². The van der Waals surface area contributed by atoms with Crippen molar-refractivity contribution in [3.8, 4) is 5.75 Å². The van der Waals surface area contributed by atoms with Crippen molar-refractivity contribution < 1.29 is 44.7 Å². The number of halogens is 8. The zero-order valence-electron chi connectivity index (χ0n) is 10.4. The fraction of sp³-hybridized carbons (Fsp3) is 0.364. The Hall–Kier alpha value is -2.07. The van der Waals surface area contributed by atoms with Crippen molar-refractivity contribution in [3.05, 3.63) is 24.3 Å². The van der Waals surface area contributed by atoms with Gasteiger partial charge in [-0.2, -0.15) is 30.7 Å². The van der Waals surface area contributed by atoms with Gasteiger partial charge in [0, 0.05) is 0 Å². The van der Waals surface area contributed by atoms with Crippen LogP contribution in [-0.2, 0) is 4.79 Å². The van der Waals surface area contributed by atoms with Crippen LogP contribution >= 0.6 is 0 Å². The smallest absolute Gasteiger partial charge is 0.460 e. The second-order valence-corrected chi connectivity index (χ2v) is 3.85. The van der Waals surface area contributed by atoms with Gasteiger partial charge in [0.2, 0.25) is 6.86 Å². The summed E-state index contributed by atoms with van der Waals surface area (Å²) in [4.78, 5) is 11.1. The Morgan fingerprint density at radius 1 is 1.05 bits per heavy atom. The lowest BCUT2D eigenvalue weighted by atomic mass is 10.1. The Bertz CT molecular complexity index is 543. The number of rotatable bonds is 5. The molecular formula is C11H7F8NO2. The molecule has 0 aliphatic carbocycles. The predicted octanol–water partition coefficient (Wildman–Crippen LogP) is 3.76. The summed E-state index contributed by atoms with van der Waals surface area (Å²) in [6.07, 6.45) is -6.64. The highest BCUT2D eigenvalue weighted by Crippen LogP contribution is 2.47. The first-order chi connectivity index (χ1) is 9.95. The van der Waals surface area contributed by atoms with Crippen molar-refractivity contribution in [1.82, 2.24) is 0 Å². The van der Waals surface area contributed by atoms with Crippen LogP contribution in [0.25, 0.3) is 0 Å². The van der Waals surface area contributed by atoms with Gasteiger partial charge in [0.25, 0.3) is 0 Å². The molecular weight excluding hydrogens is 330 g/mol. The molecule has 22 heavy (non-hydrogen) atoms. The molecule has 1 rings (SSSR count). The Balaban J connectivity index is 3.07. The zero-order chi connectivity index (χ0) is 17.2. The van der Waals surface area contributed by atoms with E-state index in [0.717, 1.165) is 23.5 Å². The van der Waals surface area contributed by atoms with Gasteiger partial charge in [0.15, 0.2) is 0 Å². The van der Waals surface area contributed by atoms with E-state index in [0.29, 0.717) is 0 Å². The molecule has 1 amide bonds. The number of alkyl halides is 8. The van der Waals surface area contributed by atoms with E-state index in [1.54, 1.807) is 0 Å². The number of benzene rings is 1. The van der Waals surface area contributed by atoms with Gasteiger partial charge in [-0.3, -0.25) is 4.79 Å². The van der Waals surface area contributed by atoms with E-state index in [9.17, 15) is 39.9 Å². The molecule has 124 valence electrons. The van der Waals surface area contributed by atoms with E-state index in [-0.39, 0.29) is 0 Å². The number of para-hydroxylation sites is 2. The van der Waals surface area contributed by atoms with Gasteiger partial charge in [-0.05, 0) is 12.1 Å². The SMILES string of the molecule is O=C(Nc1ccccc1OCF)C(F)(F)C(F)(F)C(F)(F)F. The predicted molar refractivity (Wildman–Crippen MR) is 57.6 cm³/mol. The van der Waals surface area contributed by atoms with Crippen molar-refractivity contribution >= 4 is 11.6 Å². The average Bonchev–Trinajstić information content (AvgIpc) is 2.39. The highest BCUT2D eigenvalue weighted by atomic mass is 19.4. The van der Waals surface area contributed by atoms with Crippen LogP contribution in [0.15, 0.2) is 24.3 Å². The van der Waals surface area contributed by atoms with E-state index in [1.165, 1.54) is 6.07 Å². The third-order valence-corrected chi connectivity index (χ3v) is 2.38. The third kappa shape index (κ3) is 3.22. The first kappa shape index (κ1) is 18.0. The number of nitrogens with one attached hydrogen (secondary N) is 1. The lowest BCUT2D eigenvalue weighted by molar-refractivity contribution is -0.343. The quantitative estimate of drug-likeness (QED) is 0.831. The average molecular weight is 337 g/mol. The summed E-state index contributed by atoms with van der Waals surface area (Å²) in [5.74, 6) is -16.1. The number of anilines is 1. The summed E-state index contributed by atoms with van der Waals surface area (Å²) in [5, 5.41) is 1.15. The van der Waals surface area contributed by atoms with Crippen LogP contribution in [0.1, 0.15) is 0 Å². The largest absolute Gasteiger partial charge is 0.461 e. The van der Waals surface area contributed by atoms with Gasteiger partial charge in [0.05, 0.1) is 5.69 Å². The number of ether oxygens (including phenoxy) is 1. The molecule has 0 heterocycles. The summed E-state index contributed by atoms with van der Waals surface area (Å²) in [7, 11) is 0. The minimum absolute atomic E-state index is 0.524. The lowest BCUT2D eigenvalue weighted by Crippen LogP contribution is -2.57. The van der Waals surface area contributed by atoms with Gasteiger partial charge in [0.1, 0.15) is 5.75 Å². The molecule has 0 unspecified atom stereocenters. The molecule has 0 saturated heterocycles. The van der Waals surface area contributed by atoms with Crippen molar-refractivity contribution in [2.45, 2.75) is 18.0 Å². The maximum absolute atomic E-state index is 13.1. The van der Waals surface area contributed by atoms with Gasteiger partial charge in [-0.1, -0.05) is 12.1 Å². The fourth-order valence-corrected chi connectivity index (χ4v) is 1.28. The van der Waals surface area contributed by atoms with Crippen LogP contribution in [0.3, 0.4) is 0 Å². The van der Waals surface area contributed by atoms with E-state index in [1.807, 2.05) is 0 Å². The highest BCUT2D eigenvalue weighted by Gasteiger charge is 2.76. The summed E-state index contributed by atoms with van der Waals surface area (Å²) in [6.45, 7) is -1.44. The van der Waals surface area contributed by atoms with Crippen molar-refractivity contribution in [3.63, 3.8) is 0 Å². The number of carbonyl (C=O) groups excluding carboxylic acids is 1. The Morgan fingerprint density at radius 2 is 1.59 bits per heavy atom. The molecule has 0 radical (unpaired) electrons. The van der Waals surface area contributed by atoms with E-state index in [2.05, 4.69) is 4.74 Å². The fourth-order valence-electron chi connectivity index (χ4n) is 1.28. The standard InChI is InChI=1S/C11H7F8NO2/c12-5-22-7-4-2-1-3-6(7)20-8(21)9(13,14)10(15,16)11(17,18)19/h1-4H,5H2,(H,20,21). The van der Waals surface area contributed by atoms with Gasteiger partial charge in [-0.15, -0.1) is 0 Å². The lowest BCUT2D eigenvalue weighted by Gasteiger charge is -2.27. The molecule has 0 aliphatic heterocycles. The first-order valence-corrected chi connectivity index (χ1v) is 5.36. The summed E-state index contributed by atoms with van der Waals surface area (Å²) < 4.78 is 104. The minimum atomic E-state index is -6.64. The van der Waals surface area contributed by atoms with Crippen LogP contribution in [0.5, 0.6) is 5.75 Å². The number of amides is 1. The monoisotopic (exact) mass is 337 g/mol. The number of hydrogen-bond acceptors (Lipinski definition) is 2. The molecule has 11 heteroatoms. The highest BCUT2D eigenvalue weighted by molar-refractivity contribution is 5.98. The molecule has 1 aromatic rings. The number of hydrogen-bond donors (Lipinski definition) is 1. The molecule has 0 fully saturated rings. The topological polar surface area (TPSA) is 38.3 Å². The van der Waals surface area contributed by atoms with Crippen LogP contribution in [0, 0.1) is 0 Å². The molecule has 0 atom stereocenters. The zero-order valence-corrected chi connectivity index (χ0v) is 10.4. The second-order valence-electron chi connectivity index (χ2n) is 3.85. The van der Waals surface area contributed by atoms with Crippen LogP contribution in [0.4, 0.5) is 40.8 Å². The van der Waals surface area contributed by atoms with Crippen molar-refractivity contribution in [1.29, 1.82) is 0 Å². The Kier molecular flexibility index (Phi) is 4.88. The molecule has 0 aromatic heterocycles. The van der Waals surface area contributed by atoms with Crippen LogP contribution in [0.2, 0.25) is 0 Å². The van der Waals surface area contributed by atoms with E-state index in [4.69, 9.17) is 0 Å². The molecule has 0 spiro atoms. The molecule has 0 aliphatic rings. The molecule has 3 nitrogen and oxygen atoms in total. The summed E-state index contributed by atoms with van der Waals surface area (Å²) >= 11 is 0. The normalized spacial score (nSPS) is 12.9. The maximum Gasteiger partial charge on any atom is 0.460 e. The molecule has 0 saturated carbocycles.